The fraction of sp³-hybridized carbons (Fsp3) is 0.615. The van der Waals surface area contributed by atoms with E-state index < -0.39 is 0 Å². The molecule has 2 heterocycles. The van der Waals surface area contributed by atoms with Crippen LogP contribution in [0.3, 0.4) is 0 Å². The van der Waals surface area contributed by atoms with Crippen LogP contribution in [0, 0.1) is 0 Å². The zero-order valence-electron chi connectivity index (χ0n) is 11.1. The molecule has 1 aromatic heterocycles. The fourth-order valence-corrected chi connectivity index (χ4v) is 3.83. The molecule has 0 bridgehead atoms. The van der Waals surface area contributed by atoms with Crippen LogP contribution in [0.5, 0.6) is 0 Å². The minimum atomic E-state index is -0.0265. The summed E-state index contributed by atoms with van der Waals surface area (Å²) in [4.78, 5) is 15.7. The van der Waals surface area contributed by atoms with Crippen LogP contribution < -0.4 is 5.32 Å². The van der Waals surface area contributed by atoms with Gasteiger partial charge in [-0.2, -0.15) is 11.8 Å². The molecule has 1 aliphatic heterocycles. The second-order valence-corrected chi connectivity index (χ2v) is 6.49. The molecule has 0 spiro atoms. The largest absolute Gasteiger partial charge is 0.317 e. The Morgan fingerprint density at radius 3 is 2.94 bits per heavy atom. The van der Waals surface area contributed by atoms with Gasteiger partial charge in [0.25, 0.3) is 0 Å². The van der Waals surface area contributed by atoms with Crippen molar-refractivity contribution >= 4 is 29.0 Å². The highest BCUT2D eigenvalue weighted by molar-refractivity contribution is 7.98. The normalized spacial score (nSPS) is 25.7. The number of amides is 1. The number of nitrogens with zero attached hydrogens (tertiary/aromatic N) is 1. The number of thioether (sulfide) groups is 1. The Bertz CT molecular complexity index is 394. The van der Waals surface area contributed by atoms with Crippen LogP contribution in [0.2, 0.25) is 0 Å². The van der Waals surface area contributed by atoms with Gasteiger partial charge in [0.2, 0.25) is 5.91 Å². The highest BCUT2D eigenvalue weighted by atomic mass is 32.2. The van der Waals surface area contributed by atoms with Crippen molar-refractivity contribution < 1.29 is 4.79 Å². The summed E-state index contributed by atoms with van der Waals surface area (Å²) in [6.07, 6.45) is 3.00. The Morgan fingerprint density at radius 2 is 2.39 bits per heavy atom. The van der Waals surface area contributed by atoms with Crippen LogP contribution in [0.15, 0.2) is 17.5 Å². The van der Waals surface area contributed by atoms with Crippen LogP contribution in [-0.2, 0) is 4.79 Å². The molecule has 1 fully saturated rings. The van der Waals surface area contributed by atoms with E-state index in [9.17, 15) is 4.79 Å². The quantitative estimate of drug-likeness (QED) is 0.902. The van der Waals surface area contributed by atoms with Gasteiger partial charge in [-0.05, 0) is 31.0 Å². The first-order valence-electron chi connectivity index (χ1n) is 6.29. The molecule has 1 amide bonds. The minimum Gasteiger partial charge on any atom is -0.317 e. The fourth-order valence-electron chi connectivity index (χ4n) is 2.40. The van der Waals surface area contributed by atoms with E-state index in [2.05, 4.69) is 36.9 Å². The van der Waals surface area contributed by atoms with E-state index in [1.165, 1.54) is 4.88 Å². The first kappa shape index (κ1) is 13.9. The highest BCUT2D eigenvalue weighted by Crippen LogP contribution is 2.31. The Kier molecular flexibility index (Phi) is 4.70. The van der Waals surface area contributed by atoms with Gasteiger partial charge in [0.15, 0.2) is 0 Å². The summed E-state index contributed by atoms with van der Waals surface area (Å²) in [6.45, 7) is 4.19. The molecule has 0 aromatic carbocycles. The molecule has 5 heteroatoms. The number of nitrogens with one attached hydrogen (secondary N) is 1. The molecule has 100 valence electrons. The topological polar surface area (TPSA) is 32.3 Å². The standard InChI is InChI=1S/C13H20N2OS2/c1-4-10-13(16)15(9(2)8-17-3)12(14-10)11-6-5-7-18-11/h5-7,9-10,12,14H,4,8H2,1-3H3. The maximum Gasteiger partial charge on any atom is 0.241 e. The lowest BCUT2D eigenvalue weighted by atomic mass is 10.2. The molecule has 1 aromatic rings. The van der Waals surface area contributed by atoms with Crippen molar-refractivity contribution in [2.24, 2.45) is 0 Å². The lowest BCUT2D eigenvalue weighted by Crippen LogP contribution is -2.39. The van der Waals surface area contributed by atoms with Gasteiger partial charge in [-0.25, -0.2) is 0 Å². The molecule has 0 saturated carbocycles. The first-order chi connectivity index (χ1) is 8.69. The SMILES string of the molecule is CCC1NC(c2cccs2)N(C(C)CSC)C1=O. The lowest BCUT2D eigenvalue weighted by molar-refractivity contribution is -0.131. The van der Waals surface area contributed by atoms with Gasteiger partial charge in [0.05, 0.1) is 6.04 Å². The summed E-state index contributed by atoms with van der Waals surface area (Å²) >= 11 is 3.50. The van der Waals surface area contributed by atoms with Gasteiger partial charge < -0.3 is 4.90 Å². The van der Waals surface area contributed by atoms with Crippen molar-refractivity contribution in [2.45, 2.75) is 38.5 Å². The van der Waals surface area contributed by atoms with E-state index in [0.29, 0.717) is 0 Å². The van der Waals surface area contributed by atoms with Crippen molar-refractivity contribution in [2.75, 3.05) is 12.0 Å². The molecule has 2 rings (SSSR count). The van der Waals surface area contributed by atoms with E-state index in [0.717, 1.165) is 12.2 Å². The number of carbonyl (C=O) groups is 1. The molecule has 3 unspecified atom stereocenters. The van der Waals surface area contributed by atoms with Crippen LogP contribution in [-0.4, -0.2) is 34.9 Å². The summed E-state index contributed by atoms with van der Waals surface area (Å²) in [5, 5.41) is 5.53. The molecule has 0 radical (unpaired) electrons. The van der Waals surface area contributed by atoms with Crippen molar-refractivity contribution in [3.05, 3.63) is 22.4 Å². The van der Waals surface area contributed by atoms with Crippen molar-refractivity contribution in [3.63, 3.8) is 0 Å². The Balaban J connectivity index is 2.23. The number of hydrogen-bond donors (Lipinski definition) is 1. The second-order valence-electron chi connectivity index (χ2n) is 4.60. The molecular weight excluding hydrogens is 264 g/mol. The molecule has 18 heavy (non-hydrogen) atoms. The Morgan fingerprint density at radius 1 is 1.61 bits per heavy atom. The third kappa shape index (κ3) is 2.58. The Labute approximate surface area is 117 Å². The van der Waals surface area contributed by atoms with E-state index in [4.69, 9.17) is 0 Å². The van der Waals surface area contributed by atoms with Gasteiger partial charge in [-0.3, -0.25) is 10.1 Å². The first-order valence-corrected chi connectivity index (χ1v) is 8.57. The minimum absolute atomic E-state index is 0.0265. The molecule has 0 aliphatic carbocycles. The van der Waals surface area contributed by atoms with Crippen LogP contribution in [0.25, 0.3) is 0 Å². The maximum absolute atomic E-state index is 12.4. The number of hydrogen-bond acceptors (Lipinski definition) is 4. The molecule has 1 saturated heterocycles. The summed E-state index contributed by atoms with van der Waals surface area (Å²) < 4.78 is 0. The van der Waals surface area contributed by atoms with Crippen molar-refractivity contribution in [1.29, 1.82) is 0 Å². The van der Waals surface area contributed by atoms with Crippen molar-refractivity contribution in [1.82, 2.24) is 10.2 Å². The van der Waals surface area contributed by atoms with E-state index in [-0.39, 0.29) is 24.2 Å². The molecule has 1 aliphatic rings. The third-order valence-corrected chi connectivity index (χ3v) is 5.03. The second kappa shape index (κ2) is 6.08. The van der Waals surface area contributed by atoms with Gasteiger partial charge in [-0.1, -0.05) is 13.0 Å². The summed E-state index contributed by atoms with van der Waals surface area (Å²) in [5.74, 6) is 1.23. The zero-order chi connectivity index (χ0) is 13.1. The van der Waals surface area contributed by atoms with Crippen LogP contribution in [0.4, 0.5) is 0 Å². The van der Waals surface area contributed by atoms with Crippen LogP contribution >= 0.6 is 23.1 Å². The maximum atomic E-state index is 12.4. The predicted octanol–water partition coefficient (Wildman–Crippen LogP) is 2.71. The Hall–Kier alpha value is -0.520. The number of carbonyl (C=O) groups excluding carboxylic acids is 1. The van der Waals surface area contributed by atoms with Crippen LogP contribution in [0.1, 0.15) is 31.3 Å². The average molecular weight is 284 g/mol. The van der Waals surface area contributed by atoms with E-state index in [1.54, 1.807) is 23.1 Å². The van der Waals surface area contributed by atoms with Gasteiger partial charge >= 0.3 is 0 Å². The lowest BCUT2D eigenvalue weighted by Gasteiger charge is -2.29. The summed E-state index contributed by atoms with van der Waals surface area (Å²) in [6, 6.07) is 4.39. The van der Waals surface area contributed by atoms with E-state index in [1.807, 2.05) is 11.0 Å². The zero-order valence-corrected chi connectivity index (χ0v) is 12.7. The molecule has 3 atom stereocenters. The highest BCUT2D eigenvalue weighted by Gasteiger charge is 2.41. The number of rotatable bonds is 5. The van der Waals surface area contributed by atoms with Gasteiger partial charge in [-0.15, -0.1) is 11.3 Å². The van der Waals surface area contributed by atoms with E-state index >= 15 is 0 Å². The molecular formula is C13H20N2OS2. The smallest absolute Gasteiger partial charge is 0.241 e. The third-order valence-electron chi connectivity index (χ3n) is 3.29. The van der Waals surface area contributed by atoms with Gasteiger partial charge in [0, 0.05) is 16.7 Å². The van der Waals surface area contributed by atoms with Crippen molar-refractivity contribution in [3.8, 4) is 0 Å². The predicted molar refractivity (Wildman–Crippen MR) is 79.0 cm³/mol. The van der Waals surface area contributed by atoms with Gasteiger partial charge in [0.1, 0.15) is 6.17 Å². The average Bonchev–Trinajstić information content (AvgIpc) is 2.96. The summed E-state index contributed by atoms with van der Waals surface area (Å²) in [5.41, 5.74) is 0. The molecule has 1 N–H and O–H groups in total. The molecule has 3 nitrogen and oxygen atoms in total. The number of thiophene rings is 1. The monoisotopic (exact) mass is 284 g/mol. The summed E-state index contributed by atoms with van der Waals surface area (Å²) in [7, 11) is 0.